The summed E-state index contributed by atoms with van der Waals surface area (Å²) < 4.78 is 5.46. The second kappa shape index (κ2) is 6.56. The van der Waals surface area contributed by atoms with Gasteiger partial charge in [-0.25, -0.2) is 0 Å². The van der Waals surface area contributed by atoms with Gasteiger partial charge in [-0.05, 0) is 31.4 Å². The molecule has 2 N–H and O–H groups in total. The number of aliphatic hydroxyl groups excluding tert-OH is 1. The number of amides is 1. The highest BCUT2D eigenvalue weighted by Crippen LogP contribution is 2.38. The first-order valence-corrected chi connectivity index (χ1v) is 6.73. The lowest BCUT2D eigenvalue weighted by molar-refractivity contribution is -0.129. The minimum atomic E-state index is -0.282. The summed E-state index contributed by atoms with van der Waals surface area (Å²) in [5, 5.41) is 11.6. The zero-order chi connectivity index (χ0) is 14.4. The van der Waals surface area contributed by atoms with Crippen LogP contribution in [-0.2, 0) is 9.53 Å². The molecule has 1 aromatic rings. The number of carbonyl (C=O) groups excluding carboxylic acids is 1. The van der Waals surface area contributed by atoms with Crippen molar-refractivity contribution < 1.29 is 14.6 Å². The quantitative estimate of drug-likeness (QED) is 0.824. The molecule has 0 heterocycles. The molecule has 0 radical (unpaired) electrons. The van der Waals surface area contributed by atoms with Crippen molar-refractivity contribution in [2.45, 2.75) is 31.3 Å². The van der Waals surface area contributed by atoms with Crippen LogP contribution in [0.5, 0.6) is 0 Å². The molecule has 0 atom stereocenters. The minimum absolute atomic E-state index is 0.0650. The van der Waals surface area contributed by atoms with Gasteiger partial charge in [-0.2, -0.15) is 0 Å². The normalized spacial score (nSPS) is 15.7. The molecule has 1 saturated carbocycles. The Morgan fingerprint density at radius 1 is 1.45 bits per heavy atom. The van der Waals surface area contributed by atoms with Gasteiger partial charge in [-0.3, -0.25) is 4.79 Å². The van der Waals surface area contributed by atoms with Crippen LogP contribution < -0.4 is 5.32 Å². The van der Waals surface area contributed by atoms with Gasteiger partial charge >= 0.3 is 0 Å². The summed E-state index contributed by atoms with van der Waals surface area (Å²) in [6.45, 7) is -0.199. The molecule has 1 amide bonds. The molecule has 0 aliphatic heterocycles. The number of hydrogen-bond donors (Lipinski definition) is 2. The number of benzene rings is 1. The van der Waals surface area contributed by atoms with Crippen LogP contribution in [0.4, 0.5) is 5.69 Å². The largest absolute Gasteiger partial charge is 0.384 e. The highest BCUT2D eigenvalue weighted by molar-refractivity contribution is 5.92. The number of hydrogen-bond acceptors (Lipinski definition) is 3. The zero-order valence-electron chi connectivity index (χ0n) is 11.6. The van der Waals surface area contributed by atoms with Crippen LogP contribution in [0.2, 0.25) is 0 Å². The molecule has 1 fully saturated rings. The molecule has 1 aromatic carbocycles. The van der Waals surface area contributed by atoms with E-state index in [4.69, 9.17) is 9.84 Å². The van der Waals surface area contributed by atoms with E-state index in [0.29, 0.717) is 17.7 Å². The smallest absolute Gasteiger partial charge is 0.227 e. The van der Waals surface area contributed by atoms with Crippen LogP contribution in [-0.4, -0.2) is 30.3 Å². The van der Waals surface area contributed by atoms with E-state index < -0.39 is 0 Å². The first-order chi connectivity index (χ1) is 9.69. The molecule has 4 nitrogen and oxygen atoms in total. The number of carbonyl (C=O) groups is 1. The number of ether oxygens (including phenoxy) is 1. The summed E-state index contributed by atoms with van der Waals surface area (Å²) in [6, 6.07) is 7.31. The van der Waals surface area contributed by atoms with Crippen LogP contribution in [0.1, 0.15) is 31.2 Å². The topological polar surface area (TPSA) is 58.6 Å². The number of aliphatic hydroxyl groups is 1. The highest BCUT2D eigenvalue weighted by Gasteiger charge is 2.39. The van der Waals surface area contributed by atoms with Gasteiger partial charge in [0, 0.05) is 12.7 Å². The predicted octanol–water partition coefficient (Wildman–Crippen LogP) is 1.93. The molecule has 1 aliphatic rings. The van der Waals surface area contributed by atoms with Crippen molar-refractivity contribution in [2.75, 3.05) is 19.0 Å². The monoisotopic (exact) mass is 273 g/mol. The first-order valence-electron chi connectivity index (χ1n) is 6.73. The Hall–Kier alpha value is -1.83. The molecule has 0 spiro atoms. The van der Waals surface area contributed by atoms with Gasteiger partial charge in [-0.15, -0.1) is 0 Å². The Morgan fingerprint density at radius 2 is 2.20 bits per heavy atom. The molecule has 4 heteroatoms. The van der Waals surface area contributed by atoms with Crippen LogP contribution in [0, 0.1) is 11.8 Å². The molecule has 0 bridgehead atoms. The van der Waals surface area contributed by atoms with Gasteiger partial charge in [0.2, 0.25) is 5.91 Å². The maximum atomic E-state index is 12.1. The fourth-order valence-electron chi connectivity index (χ4n) is 2.35. The summed E-state index contributed by atoms with van der Waals surface area (Å²) in [5.41, 5.74) is 1.09. The lowest BCUT2D eigenvalue weighted by Gasteiger charge is -2.39. The van der Waals surface area contributed by atoms with Gasteiger partial charge in [-0.1, -0.05) is 24.0 Å². The molecular formula is C16H19NO3. The third-order valence-electron chi connectivity index (χ3n) is 3.68. The van der Waals surface area contributed by atoms with E-state index in [1.54, 1.807) is 13.2 Å². The molecular weight excluding hydrogens is 254 g/mol. The van der Waals surface area contributed by atoms with Gasteiger partial charge in [0.15, 0.2) is 0 Å². The van der Waals surface area contributed by atoms with E-state index in [2.05, 4.69) is 17.2 Å². The molecule has 0 saturated heterocycles. The van der Waals surface area contributed by atoms with Gasteiger partial charge < -0.3 is 15.2 Å². The van der Waals surface area contributed by atoms with Crippen molar-refractivity contribution in [1.82, 2.24) is 0 Å². The maximum Gasteiger partial charge on any atom is 0.227 e. The van der Waals surface area contributed by atoms with Gasteiger partial charge in [0.1, 0.15) is 6.61 Å². The van der Waals surface area contributed by atoms with Crippen LogP contribution >= 0.6 is 0 Å². The SMILES string of the molecule is COC1(CC(=O)Nc2ccccc2C#CCO)CCC1. The number of anilines is 1. The van der Waals surface area contributed by atoms with E-state index in [-0.39, 0.29) is 18.1 Å². The lowest BCUT2D eigenvalue weighted by Crippen LogP contribution is -2.42. The van der Waals surface area contributed by atoms with Gasteiger partial charge in [0.05, 0.1) is 17.7 Å². The van der Waals surface area contributed by atoms with Crippen LogP contribution in [0.15, 0.2) is 24.3 Å². The number of para-hydroxylation sites is 1. The van der Waals surface area contributed by atoms with Crippen LogP contribution in [0.25, 0.3) is 0 Å². The average molecular weight is 273 g/mol. The Morgan fingerprint density at radius 3 is 2.80 bits per heavy atom. The molecule has 1 aliphatic carbocycles. The predicted molar refractivity (Wildman–Crippen MR) is 77.2 cm³/mol. The highest BCUT2D eigenvalue weighted by atomic mass is 16.5. The summed E-state index contributed by atoms with van der Waals surface area (Å²) in [7, 11) is 1.66. The maximum absolute atomic E-state index is 12.1. The Bertz CT molecular complexity index is 533. The average Bonchev–Trinajstić information content (AvgIpc) is 2.42. The standard InChI is InChI=1S/C16H19NO3/c1-20-16(9-5-10-16)12-15(19)17-14-8-3-2-6-13(14)7-4-11-18/h2-3,6,8,18H,5,9-12H2,1H3,(H,17,19). The summed E-state index contributed by atoms with van der Waals surface area (Å²) in [6.07, 6.45) is 3.34. The summed E-state index contributed by atoms with van der Waals surface area (Å²) in [4.78, 5) is 12.1. The third kappa shape index (κ3) is 3.38. The Labute approximate surface area is 119 Å². The van der Waals surface area contributed by atoms with Crippen molar-refractivity contribution in [3.05, 3.63) is 29.8 Å². The summed E-state index contributed by atoms with van der Waals surface area (Å²) >= 11 is 0. The Balaban J connectivity index is 2.04. The van der Waals surface area contributed by atoms with Crippen molar-refractivity contribution in [3.8, 4) is 11.8 Å². The summed E-state index contributed by atoms with van der Waals surface area (Å²) in [5.74, 6) is 5.35. The van der Waals surface area contributed by atoms with E-state index >= 15 is 0 Å². The van der Waals surface area contributed by atoms with Crippen molar-refractivity contribution in [1.29, 1.82) is 0 Å². The van der Waals surface area contributed by atoms with E-state index in [0.717, 1.165) is 19.3 Å². The van der Waals surface area contributed by atoms with E-state index in [9.17, 15) is 4.79 Å². The van der Waals surface area contributed by atoms with E-state index in [1.165, 1.54) is 0 Å². The third-order valence-corrected chi connectivity index (χ3v) is 3.68. The number of methoxy groups -OCH3 is 1. The second-order valence-electron chi connectivity index (χ2n) is 4.97. The molecule has 20 heavy (non-hydrogen) atoms. The molecule has 106 valence electrons. The fraction of sp³-hybridized carbons (Fsp3) is 0.438. The van der Waals surface area contributed by atoms with Crippen LogP contribution in [0.3, 0.4) is 0 Å². The number of nitrogens with one attached hydrogen (secondary N) is 1. The molecule has 0 aromatic heterocycles. The zero-order valence-corrected chi connectivity index (χ0v) is 11.6. The minimum Gasteiger partial charge on any atom is -0.384 e. The number of rotatable bonds is 4. The second-order valence-corrected chi connectivity index (χ2v) is 4.97. The molecule has 0 unspecified atom stereocenters. The van der Waals surface area contributed by atoms with Gasteiger partial charge in [0.25, 0.3) is 0 Å². The first kappa shape index (κ1) is 14.6. The van der Waals surface area contributed by atoms with E-state index in [1.807, 2.05) is 18.2 Å². The Kier molecular flexibility index (Phi) is 4.78. The van der Waals surface area contributed by atoms with Crippen molar-refractivity contribution in [2.24, 2.45) is 0 Å². The van der Waals surface area contributed by atoms with Crippen molar-refractivity contribution in [3.63, 3.8) is 0 Å². The lowest BCUT2D eigenvalue weighted by atomic mass is 9.77. The fourth-order valence-corrected chi connectivity index (χ4v) is 2.35. The van der Waals surface area contributed by atoms with Crippen molar-refractivity contribution >= 4 is 11.6 Å². The molecule has 2 rings (SSSR count).